The van der Waals surface area contributed by atoms with E-state index in [4.69, 9.17) is 0 Å². The van der Waals surface area contributed by atoms with Crippen molar-refractivity contribution in [2.24, 2.45) is 5.92 Å². The van der Waals surface area contributed by atoms with Crippen LogP contribution in [0.15, 0.2) is 24.4 Å². The molecule has 1 atom stereocenters. The molecule has 22 heavy (non-hydrogen) atoms. The Morgan fingerprint density at radius 3 is 2.86 bits per heavy atom. The number of alkyl halides is 2. The molecule has 9 heteroatoms. The molecule has 118 valence electrons. The number of rotatable bonds is 5. The second-order valence-corrected chi connectivity index (χ2v) is 8.08. The molecule has 5 nitrogen and oxygen atoms in total. The Hall–Kier alpha value is -1.61. The number of halogens is 2. The van der Waals surface area contributed by atoms with Crippen LogP contribution in [0.2, 0.25) is 0 Å². The van der Waals surface area contributed by atoms with Crippen LogP contribution in [-0.2, 0) is 10.0 Å². The van der Waals surface area contributed by atoms with E-state index in [2.05, 4.69) is 4.98 Å². The van der Waals surface area contributed by atoms with Crippen molar-refractivity contribution < 1.29 is 22.0 Å². The molecular weight excluding hydrogens is 334 g/mol. The normalized spacial score (nSPS) is 20.0. The van der Waals surface area contributed by atoms with Crippen LogP contribution in [0.5, 0.6) is 0 Å². The molecule has 0 saturated heterocycles. The van der Waals surface area contributed by atoms with Crippen molar-refractivity contribution in [1.29, 1.82) is 0 Å². The fourth-order valence-electron chi connectivity index (χ4n) is 2.11. The number of nitrogens with zero attached hydrogens (tertiary/aromatic N) is 1. The average Bonchev–Trinajstić information content (AvgIpc) is 2.85. The fourth-order valence-corrected chi connectivity index (χ4v) is 4.16. The Labute approximate surface area is 129 Å². The van der Waals surface area contributed by atoms with Crippen LogP contribution in [0.1, 0.15) is 22.5 Å². The number of amides is 1. The van der Waals surface area contributed by atoms with Gasteiger partial charge in [-0.25, -0.2) is 26.9 Å². The topological polar surface area (TPSA) is 76.1 Å². The number of hydrogen-bond acceptors (Lipinski definition) is 5. The number of nitrogens with one attached hydrogen (secondary N) is 1. The molecule has 1 amide bonds. The van der Waals surface area contributed by atoms with Gasteiger partial charge in [0.1, 0.15) is 4.83 Å². The summed E-state index contributed by atoms with van der Waals surface area (Å²) in [6.45, 7) is 0. The van der Waals surface area contributed by atoms with Gasteiger partial charge in [0.05, 0.1) is 10.6 Å². The molecule has 0 aromatic carbocycles. The SMILES string of the molecule is O=C(NS(=O)(=O)CCC1CC1(F)F)c1cc2cccnc2s1. The number of thiophene rings is 1. The summed E-state index contributed by atoms with van der Waals surface area (Å²) in [5.74, 6) is -4.89. The van der Waals surface area contributed by atoms with E-state index >= 15 is 0 Å². The first-order chi connectivity index (χ1) is 10.3. The highest BCUT2D eigenvalue weighted by molar-refractivity contribution is 7.90. The van der Waals surface area contributed by atoms with Gasteiger partial charge in [-0.2, -0.15) is 0 Å². The molecule has 1 saturated carbocycles. The molecule has 1 N–H and O–H groups in total. The minimum atomic E-state index is -3.92. The summed E-state index contributed by atoms with van der Waals surface area (Å²) < 4.78 is 50.9. The number of carbonyl (C=O) groups is 1. The lowest BCUT2D eigenvalue weighted by Gasteiger charge is -2.05. The Morgan fingerprint density at radius 1 is 1.50 bits per heavy atom. The van der Waals surface area contributed by atoms with Gasteiger partial charge in [0.15, 0.2) is 0 Å². The highest BCUT2D eigenvalue weighted by atomic mass is 32.2. The fraction of sp³-hybridized carbons (Fsp3) is 0.385. The van der Waals surface area contributed by atoms with E-state index in [1.165, 1.54) is 0 Å². The average molecular weight is 346 g/mol. The zero-order valence-corrected chi connectivity index (χ0v) is 12.9. The monoisotopic (exact) mass is 346 g/mol. The smallest absolute Gasteiger partial charge is 0.267 e. The largest absolute Gasteiger partial charge is 0.274 e. The summed E-state index contributed by atoms with van der Waals surface area (Å²) in [5, 5.41) is 0.743. The van der Waals surface area contributed by atoms with E-state index in [1.807, 2.05) is 4.72 Å². The van der Waals surface area contributed by atoms with Gasteiger partial charge in [-0.3, -0.25) is 4.79 Å². The third kappa shape index (κ3) is 3.25. The van der Waals surface area contributed by atoms with Crippen molar-refractivity contribution in [3.63, 3.8) is 0 Å². The van der Waals surface area contributed by atoms with E-state index in [-0.39, 0.29) is 17.7 Å². The summed E-state index contributed by atoms with van der Waals surface area (Å²) >= 11 is 1.07. The molecular formula is C13H12F2N2O3S2. The molecule has 1 aliphatic rings. The molecule has 2 aromatic rings. The van der Waals surface area contributed by atoms with Crippen LogP contribution in [0.3, 0.4) is 0 Å². The van der Waals surface area contributed by atoms with Gasteiger partial charge < -0.3 is 0 Å². The van der Waals surface area contributed by atoms with E-state index in [0.29, 0.717) is 4.83 Å². The van der Waals surface area contributed by atoms with Crippen LogP contribution in [-0.4, -0.2) is 31.0 Å². The van der Waals surface area contributed by atoms with Gasteiger partial charge in [-0.05, 0) is 18.6 Å². The standard InChI is InChI=1S/C13H12F2N2O3S2/c14-13(15)7-9(13)3-5-22(19,20)17-11(18)10-6-8-2-1-4-16-12(8)21-10/h1-2,4,6,9H,3,5,7H2,(H,17,18). The predicted octanol–water partition coefficient (Wildman–Crippen LogP) is 2.40. The number of aromatic nitrogens is 1. The maximum Gasteiger partial charge on any atom is 0.274 e. The Balaban J connectivity index is 1.65. The zero-order valence-electron chi connectivity index (χ0n) is 11.3. The maximum absolute atomic E-state index is 12.7. The second kappa shape index (κ2) is 5.24. The van der Waals surface area contributed by atoms with E-state index < -0.39 is 33.5 Å². The Bertz CT molecular complexity index is 800. The zero-order chi connectivity index (χ0) is 16.0. The van der Waals surface area contributed by atoms with Gasteiger partial charge in [0, 0.05) is 23.9 Å². The summed E-state index contributed by atoms with van der Waals surface area (Å²) in [6, 6.07) is 5.02. The molecule has 0 aliphatic heterocycles. The number of carbonyl (C=O) groups excluding carboxylic acids is 1. The highest BCUT2D eigenvalue weighted by Gasteiger charge is 2.56. The minimum Gasteiger partial charge on any atom is -0.267 e. The number of fused-ring (bicyclic) bond motifs is 1. The van der Waals surface area contributed by atoms with Crippen molar-refractivity contribution in [3.8, 4) is 0 Å². The Kier molecular flexibility index (Phi) is 3.64. The molecule has 3 rings (SSSR count). The predicted molar refractivity (Wildman–Crippen MR) is 78.5 cm³/mol. The Morgan fingerprint density at radius 2 is 2.23 bits per heavy atom. The lowest BCUT2D eigenvalue weighted by molar-refractivity contribution is 0.0982. The lowest BCUT2D eigenvalue weighted by atomic mass is 10.3. The molecule has 1 unspecified atom stereocenters. The van der Waals surface area contributed by atoms with Crippen LogP contribution >= 0.6 is 11.3 Å². The number of hydrogen-bond donors (Lipinski definition) is 1. The number of pyridine rings is 1. The third-order valence-electron chi connectivity index (χ3n) is 3.46. The third-order valence-corrected chi connectivity index (χ3v) is 5.78. The van der Waals surface area contributed by atoms with Gasteiger partial charge >= 0.3 is 0 Å². The molecule has 1 fully saturated rings. The van der Waals surface area contributed by atoms with Crippen molar-refractivity contribution >= 4 is 37.5 Å². The molecule has 1 aliphatic carbocycles. The van der Waals surface area contributed by atoms with Gasteiger partial charge in [-0.15, -0.1) is 11.3 Å². The van der Waals surface area contributed by atoms with Crippen LogP contribution in [0.4, 0.5) is 8.78 Å². The first kappa shape index (κ1) is 15.3. The van der Waals surface area contributed by atoms with E-state index in [9.17, 15) is 22.0 Å². The first-order valence-electron chi connectivity index (χ1n) is 6.54. The first-order valence-corrected chi connectivity index (χ1v) is 9.01. The van der Waals surface area contributed by atoms with Crippen molar-refractivity contribution in [2.45, 2.75) is 18.8 Å². The quantitative estimate of drug-likeness (QED) is 0.902. The van der Waals surface area contributed by atoms with E-state index in [1.54, 1.807) is 24.4 Å². The van der Waals surface area contributed by atoms with Crippen molar-refractivity contribution in [3.05, 3.63) is 29.3 Å². The van der Waals surface area contributed by atoms with E-state index in [0.717, 1.165) is 16.7 Å². The summed E-state index contributed by atoms with van der Waals surface area (Å²) in [5.41, 5.74) is 0. The van der Waals surface area contributed by atoms with Crippen LogP contribution in [0.25, 0.3) is 10.2 Å². The lowest BCUT2D eigenvalue weighted by Crippen LogP contribution is -2.32. The number of sulfonamides is 1. The van der Waals surface area contributed by atoms with Crippen LogP contribution in [0, 0.1) is 5.92 Å². The van der Waals surface area contributed by atoms with Gasteiger partial charge in [0.25, 0.3) is 11.8 Å². The van der Waals surface area contributed by atoms with Crippen LogP contribution < -0.4 is 4.72 Å². The second-order valence-electron chi connectivity index (χ2n) is 5.21. The highest BCUT2D eigenvalue weighted by Crippen LogP contribution is 2.50. The van der Waals surface area contributed by atoms with Crippen molar-refractivity contribution in [1.82, 2.24) is 9.71 Å². The molecule has 2 heterocycles. The molecule has 0 spiro atoms. The molecule has 0 radical (unpaired) electrons. The summed E-state index contributed by atoms with van der Waals surface area (Å²) in [4.78, 5) is 16.9. The summed E-state index contributed by atoms with van der Waals surface area (Å²) in [6.07, 6.45) is 1.15. The molecule has 0 bridgehead atoms. The molecule has 2 aromatic heterocycles. The minimum absolute atomic E-state index is 0.149. The van der Waals surface area contributed by atoms with Crippen molar-refractivity contribution in [2.75, 3.05) is 5.75 Å². The summed E-state index contributed by atoms with van der Waals surface area (Å²) in [7, 11) is -3.92. The van der Waals surface area contributed by atoms with Gasteiger partial charge in [-0.1, -0.05) is 6.07 Å². The van der Waals surface area contributed by atoms with Gasteiger partial charge in [0.2, 0.25) is 10.0 Å². The maximum atomic E-state index is 12.7.